The summed E-state index contributed by atoms with van der Waals surface area (Å²) in [7, 11) is 3.11. The molecule has 0 radical (unpaired) electrons. The number of morpholine rings is 1. The van der Waals surface area contributed by atoms with Crippen molar-refractivity contribution in [1.29, 1.82) is 0 Å². The SMILES string of the molecule is COc1ccc(N=C(C2C(=O)OC(C)(C)OC2=O)N(Cc2ccc(CC(C)C)cc2)C(C)CN2CCOCC2)c(OC)c1. The number of esters is 2. The van der Waals surface area contributed by atoms with Gasteiger partial charge in [0.25, 0.3) is 5.79 Å². The molecule has 2 fully saturated rings. The highest BCUT2D eigenvalue weighted by atomic mass is 16.7. The molecule has 0 aliphatic carbocycles. The van der Waals surface area contributed by atoms with Crippen LogP contribution in [0.3, 0.4) is 0 Å². The van der Waals surface area contributed by atoms with Gasteiger partial charge in [-0.3, -0.25) is 14.5 Å². The van der Waals surface area contributed by atoms with Gasteiger partial charge in [0.1, 0.15) is 23.0 Å². The smallest absolute Gasteiger partial charge is 0.331 e. The highest BCUT2D eigenvalue weighted by Crippen LogP contribution is 2.34. The first kappa shape index (κ1) is 32.3. The third kappa shape index (κ3) is 8.48. The van der Waals surface area contributed by atoms with Gasteiger partial charge in [-0.25, -0.2) is 4.99 Å². The maximum atomic E-state index is 13.5. The largest absolute Gasteiger partial charge is 0.497 e. The minimum atomic E-state index is -1.38. The number of carbonyl (C=O) groups is 2. The van der Waals surface area contributed by atoms with Crippen molar-refractivity contribution >= 4 is 23.5 Å². The van der Waals surface area contributed by atoms with Gasteiger partial charge >= 0.3 is 11.9 Å². The number of carbonyl (C=O) groups excluding carboxylic acids is 2. The summed E-state index contributed by atoms with van der Waals surface area (Å²) >= 11 is 0. The van der Waals surface area contributed by atoms with E-state index >= 15 is 0 Å². The standard InChI is InChI=1S/C33H45N3O7/c1-22(2)18-24-8-10-25(11-9-24)21-36(23(3)20-35-14-16-41-17-15-35)30(29-31(37)42-33(4,5)43-32(29)38)34-27-13-12-26(39-6)19-28(27)40-7/h8-13,19,22-23,29H,14-18,20-21H2,1-7H3. The summed E-state index contributed by atoms with van der Waals surface area (Å²) in [5.41, 5.74) is 2.72. The van der Waals surface area contributed by atoms with Gasteiger partial charge in [0.15, 0.2) is 0 Å². The summed E-state index contributed by atoms with van der Waals surface area (Å²) < 4.78 is 27.7. The number of ether oxygens (including phenoxy) is 5. The van der Waals surface area contributed by atoms with E-state index in [2.05, 4.69) is 49.9 Å². The summed E-state index contributed by atoms with van der Waals surface area (Å²) in [5.74, 6) is -2.35. The van der Waals surface area contributed by atoms with Crippen LogP contribution in [0.2, 0.25) is 0 Å². The molecule has 0 aromatic heterocycles. The minimum Gasteiger partial charge on any atom is -0.497 e. The second-order valence-electron chi connectivity index (χ2n) is 12.0. The van der Waals surface area contributed by atoms with Crippen LogP contribution in [0.15, 0.2) is 47.5 Å². The summed E-state index contributed by atoms with van der Waals surface area (Å²) in [6.45, 7) is 13.5. The topological polar surface area (TPSA) is 99.1 Å². The van der Waals surface area contributed by atoms with Gasteiger partial charge in [0.2, 0.25) is 5.92 Å². The highest BCUT2D eigenvalue weighted by molar-refractivity contribution is 6.17. The lowest BCUT2D eigenvalue weighted by atomic mass is 10.0. The first-order valence-corrected chi connectivity index (χ1v) is 14.9. The Bertz CT molecular complexity index is 1270. The van der Waals surface area contributed by atoms with Gasteiger partial charge in [-0.05, 0) is 42.5 Å². The van der Waals surface area contributed by atoms with Crippen molar-refractivity contribution in [2.24, 2.45) is 16.8 Å². The number of benzene rings is 2. The number of amidine groups is 1. The maximum Gasteiger partial charge on any atom is 0.331 e. The van der Waals surface area contributed by atoms with Gasteiger partial charge in [-0.15, -0.1) is 0 Å². The normalized spacial score (nSPS) is 18.7. The fourth-order valence-electron chi connectivity index (χ4n) is 5.39. The van der Waals surface area contributed by atoms with E-state index in [1.807, 2.05) is 4.90 Å². The molecule has 4 rings (SSSR count). The van der Waals surface area contributed by atoms with Gasteiger partial charge < -0.3 is 28.6 Å². The van der Waals surface area contributed by atoms with E-state index in [9.17, 15) is 9.59 Å². The quantitative estimate of drug-likeness (QED) is 0.160. The van der Waals surface area contributed by atoms with Crippen LogP contribution in [0.25, 0.3) is 0 Å². The molecule has 10 heteroatoms. The molecule has 0 saturated carbocycles. The number of cyclic esters (lactones) is 2. The molecule has 2 aliphatic rings. The molecule has 2 aliphatic heterocycles. The van der Waals surface area contributed by atoms with Gasteiger partial charge in [-0.2, -0.15) is 0 Å². The van der Waals surface area contributed by atoms with E-state index in [0.29, 0.717) is 49.4 Å². The van der Waals surface area contributed by atoms with E-state index in [1.54, 1.807) is 39.2 Å². The molecule has 0 N–H and O–H groups in total. The zero-order valence-corrected chi connectivity index (χ0v) is 26.4. The van der Waals surface area contributed by atoms with Crippen molar-refractivity contribution in [1.82, 2.24) is 9.80 Å². The van der Waals surface area contributed by atoms with Crippen LogP contribution in [-0.2, 0) is 36.8 Å². The van der Waals surface area contributed by atoms with Crippen molar-refractivity contribution in [2.75, 3.05) is 47.1 Å². The average Bonchev–Trinajstić information content (AvgIpc) is 2.95. The zero-order chi connectivity index (χ0) is 31.1. The molecule has 2 aromatic rings. The van der Waals surface area contributed by atoms with Crippen LogP contribution in [0.5, 0.6) is 11.5 Å². The molecule has 1 unspecified atom stereocenters. The lowest BCUT2D eigenvalue weighted by Gasteiger charge is -2.40. The molecule has 0 amide bonds. The van der Waals surface area contributed by atoms with Crippen LogP contribution in [0, 0.1) is 11.8 Å². The molecular weight excluding hydrogens is 550 g/mol. The predicted octanol–water partition coefficient (Wildman–Crippen LogP) is 4.61. The van der Waals surface area contributed by atoms with E-state index in [0.717, 1.165) is 25.1 Å². The minimum absolute atomic E-state index is 0.146. The Balaban J connectivity index is 1.81. The van der Waals surface area contributed by atoms with Crippen LogP contribution in [-0.4, -0.2) is 86.5 Å². The lowest BCUT2D eigenvalue weighted by Crippen LogP contribution is -2.55. The van der Waals surface area contributed by atoms with Crippen LogP contribution < -0.4 is 9.47 Å². The summed E-state index contributed by atoms with van der Waals surface area (Å²) in [6, 6.07) is 13.5. The summed E-state index contributed by atoms with van der Waals surface area (Å²) in [5, 5.41) is 0. The third-order valence-electron chi connectivity index (χ3n) is 7.52. The second kappa shape index (κ2) is 14.2. The number of methoxy groups -OCH3 is 2. The van der Waals surface area contributed by atoms with E-state index in [-0.39, 0.29) is 11.9 Å². The van der Waals surface area contributed by atoms with Gasteiger partial charge in [0, 0.05) is 52.1 Å². The zero-order valence-electron chi connectivity index (χ0n) is 26.4. The van der Waals surface area contributed by atoms with Crippen molar-refractivity contribution in [3.63, 3.8) is 0 Å². The molecule has 2 saturated heterocycles. The fraction of sp³-hybridized carbons (Fsp3) is 0.545. The number of hydrogen-bond donors (Lipinski definition) is 0. The number of rotatable bonds is 11. The van der Waals surface area contributed by atoms with Crippen LogP contribution in [0.4, 0.5) is 5.69 Å². The first-order chi connectivity index (χ1) is 20.5. The average molecular weight is 596 g/mol. The fourth-order valence-corrected chi connectivity index (χ4v) is 5.39. The van der Waals surface area contributed by atoms with Crippen LogP contribution >= 0.6 is 0 Å². The van der Waals surface area contributed by atoms with Crippen molar-refractivity contribution in [3.05, 3.63) is 53.6 Å². The molecule has 2 aromatic carbocycles. The van der Waals surface area contributed by atoms with Crippen molar-refractivity contribution < 1.29 is 33.3 Å². The second-order valence-corrected chi connectivity index (χ2v) is 12.0. The Morgan fingerprint density at radius 3 is 2.19 bits per heavy atom. The Morgan fingerprint density at radius 2 is 1.60 bits per heavy atom. The molecular formula is C33H45N3O7. The van der Waals surface area contributed by atoms with E-state index in [1.165, 1.54) is 12.7 Å². The van der Waals surface area contributed by atoms with Crippen molar-refractivity contribution in [2.45, 2.75) is 59.4 Å². The molecule has 1 atom stereocenters. The first-order valence-electron chi connectivity index (χ1n) is 14.9. The Labute approximate surface area is 254 Å². The molecule has 0 spiro atoms. The number of aliphatic imine (C=N–C) groups is 1. The monoisotopic (exact) mass is 595 g/mol. The van der Waals surface area contributed by atoms with Crippen molar-refractivity contribution in [3.8, 4) is 11.5 Å². The van der Waals surface area contributed by atoms with Gasteiger partial charge in [0.05, 0.1) is 27.4 Å². The number of nitrogens with zero attached hydrogens (tertiary/aromatic N) is 3. The summed E-state index contributed by atoms with van der Waals surface area (Å²) in [4.78, 5) is 36.3. The lowest BCUT2D eigenvalue weighted by molar-refractivity contribution is -0.236. The van der Waals surface area contributed by atoms with Gasteiger partial charge in [-0.1, -0.05) is 38.1 Å². The predicted molar refractivity (Wildman–Crippen MR) is 164 cm³/mol. The Hall–Kier alpha value is -3.63. The summed E-state index contributed by atoms with van der Waals surface area (Å²) in [6.07, 6.45) is 0.983. The maximum absolute atomic E-state index is 13.5. The molecule has 234 valence electrons. The highest BCUT2D eigenvalue weighted by Gasteiger charge is 2.48. The Kier molecular flexibility index (Phi) is 10.7. The van der Waals surface area contributed by atoms with E-state index < -0.39 is 23.6 Å². The molecule has 0 bridgehead atoms. The van der Waals surface area contributed by atoms with E-state index in [4.69, 9.17) is 28.7 Å². The molecule has 43 heavy (non-hydrogen) atoms. The molecule has 10 nitrogen and oxygen atoms in total. The number of hydrogen-bond acceptors (Lipinski definition) is 9. The van der Waals surface area contributed by atoms with Crippen LogP contribution in [0.1, 0.15) is 45.7 Å². The Morgan fingerprint density at radius 1 is 0.977 bits per heavy atom. The third-order valence-corrected chi connectivity index (χ3v) is 7.52. The molecule has 2 heterocycles.